The first-order valence-corrected chi connectivity index (χ1v) is 10.9. The molecule has 2 heterocycles. The van der Waals surface area contributed by atoms with Crippen molar-refractivity contribution in [1.29, 1.82) is 0 Å². The summed E-state index contributed by atoms with van der Waals surface area (Å²) in [5.74, 6) is 0.414. The first-order valence-electron chi connectivity index (χ1n) is 10.5. The number of morpholine rings is 1. The second kappa shape index (κ2) is 9.94. The molecule has 0 aliphatic carbocycles. The van der Waals surface area contributed by atoms with E-state index in [1.165, 1.54) is 6.08 Å². The Hall–Kier alpha value is -3.22. The van der Waals surface area contributed by atoms with Gasteiger partial charge in [0.15, 0.2) is 5.78 Å². The van der Waals surface area contributed by atoms with Crippen LogP contribution in [0.1, 0.15) is 12.5 Å². The average Bonchev–Trinajstić information content (AvgIpc) is 2.80. The maximum Gasteiger partial charge on any atom is 0.227 e. The summed E-state index contributed by atoms with van der Waals surface area (Å²) in [6, 6.07) is 15.8. The minimum atomic E-state index is -0.0344. The van der Waals surface area contributed by atoms with E-state index in [-0.39, 0.29) is 18.3 Å². The molecule has 164 valence electrons. The highest BCUT2D eigenvalue weighted by molar-refractivity contribution is 6.32. The van der Waals surface area contributed by atoms with Crippen LogP contribution in [0.25, 0.3) is 11.3 Å². The first kappa shape index (κ1) is 22.0. The lowest BCUT2D eigenvalue weighted by molar-refractivity contribution is -0.114. The van der Waals surface area contributed by atoms with Crippen molar-refractivity contribution in [3.05, 3.63) is 78.0 Å². The van der Waals surface area contributed by atoms with Gasteiger partial charge in [-0.05, 0) is 42.8 Å². The quantitative estimate of drug-likeness (QED) is 0.509. The van der Waals surface area contributed by atoms with E-state index in [1.54, 1.807) is 6.20 Å². The zero-order chi connectivity index (χ0) is 22.5. The van der Waals surface area contributed by atoms with Gasteiger partial charge >= 0.3 is 0 Å². The number of rotatable bonds is 7. The Morgan fingerprint density at radius 2 is 2.16 bits per heavy atom. The van der Waals surface area contributed by atoms with Gasteiger partial charge in [-0.15, -0.1) is 0 Å². The minimum absolute atomic E-state index is 0.0344. The highest BCUT2D eigenvalue weighted by Gasteiger charge is 2.17. The van der Waals surface area contributed by atoms with E-state index < -0.39 is 0 Å². The summed E-state index contributed by atoms with van der Waals surface area (Å²) in [7, 11) is 0. The topological polar surface area (TPSA) is 67.4 Å². The molecule has 3 aromatic rings. The van der Waals surface area contributed by atoms with Crippen molar-refractivity contribution < 1.29 is 9.53 Å². The second-order valence-corrected chi connectivity index (χ2v) is 8.15. The monoisotopic (exact) mass is 448 g/mol. The molecule has 4 rings (SSSR count). The maximum absolute atomic E-state index is 11.7. The molecule has 6 nitrogen and oxygen atoms in total. The van der Waals surface area contributed by atoms with Crippen LogP contribution in [-0.2, 0) is 16.0 Å². The van der Waals surface area contributed by atoms with E-state index >= 15 is 0 Å². The number of nitrogens with zero attached hydrogens (tertiary/aromatic N) is 3. The zero-order valence-electron chi connectivity index (χ0n) is 17.9. The molecule has 1 saturated heterocycles. The predicted molar refractivity (Wildman–Crippen MR) is 129 cm³/mol. The summed E-state index contributed by atoms with van der Waals surface area (Å²) in [5, 5.41) is 3.73. The van der Waals surface area contributed by atoms with Crippen molar-refractivity contribution in [2.24, 2.45) is 0 Å². The molecule has 0 saturated carbocycles. The third-order valence-corrected chi connectivity index (χ3v) is 5.54. The molecule has 32 heavy (non-hydrogen) atoms. The van der Waals surface area contributed by atoms with Crippen LogP contribution < -0.4 is 10.2 Å². The summed E-state index contributed by atoms with van der Waals surface area (Å²) in [5.41, 5.74) is 4.32. The molecule has 7 heteroatoms. The Kier molecular flexibility index (Phi) is 6.83. The summed E-state index contributed by atoms with van der Waals surface area (Å²) in [6.45, 7) is 8.06. The Morgan fingerprint density at radius 1 is 1.31 bits per heavy atom. The van der Waals surface area contributed by atoms with Crippen LogP contribution in [0.4, 0.5) is 17.3 Å². The van der Waals surface area contributed by atoms with Crippen molar-refractivity contribution >= 4 is 34.7 Å². The average molecular weight is 449 g/mol. The van der Waals surface area contributed by atoms with Gasteiger partial charge in [0, 0.05) is 36.4 Å². The smallest absolute Gasteiger partial charge is 0.227 e. The summed E-state index contributed by atoms with van der Waals surface area (Å²) < 4.78 is 5.64. The van der Waals surface area contributed by atoms with Gasteiger partial charge in [0.25, 0.3) is 0 Å². The van der Waals surface area contributed by atoms with Crippen molar-refractivity contribution in [2.45, 2.75) is 19.4 Å². The second-order valence-electron chi connectivity index (χ2n) is 7.74. The molecule has 1 fully saturated rings. The van der Waals surface area contributed by atoms with E-state index in [0.717, 1.165) is 42.2 Å². The van der Waals surface area contributed by atoms with E-state index in [0.29, 0.717) is 16.7 Å². The highest BCUT2D eigenvalue weighted by Crippen LogP contribution is 2.29. The van der Waals surface area contributed by atoms with Crippen LogP contribution >= 0.6 is 11.6 Å². The van der Waals surface area contributed by atoms with E-state index in [9.17, 15) is 4.79 Å². The molecule has 0 spiro atoms. The molecule has 1 atom stereocenters. The molecule has 1 unspecified atom stereocenters. The van der Waals surface area contributed by atoms with Gasteiger partial charge in [-0.3, -0.25) is 4.79 Å². The standard InChI is InChI=1S/C25H25ClN4O2/c1-3-22(31)13-18-6-4-7-19(12-18)24-23(26)15-27-25(29-24)28-20-8-5-9-21(14-20)30-10-11-32-17(2)16-30/h3-9,12,14-15,17H,1,10-11,13,16H2,2H3,(H,27,28,29). The molecule has 0 amide bonds. The number of allylic oxidation sites excluding steroid dienone is 1. The number of carbonyl (C=O) groups excluding carboxylic acids is 1. The number of carbonyl (C=O) groups is 1. The number of ketones is 1. The third kappa shape index (κ3) is 5.33. The Morgan fingerprint density at radius 3 is 2.97 bits per heavy atom. The fraction of sp³-hybridized carbons (Fsp3) is 0.240. The molecule has 1 N–H and O–H groups in total. The summed E-state index contributed by atoms with van der Waals surface area (Å²) >= 11 is 6.41. The zero-order valence-corrected chi connectivity index (χ0v) is 18.7. The highest BCUT2D eigenvalue weighted by atomic mass is 35.5. The number of benzene rings is 2. The Balaban J connectivity index is 1.56. The largest absolute Gasteiger partial charge is 0.375 e. The number of hydrogen-bond acceptors (Lipinski definition) is 6. The Labute approximate surface area is 192 Å². The predicted octanol–water partition coefficient (Wildman–Crippen LogP) is 5.06. The van der Waals surface area contributed by atoms with Crippen molar-refractivity contribution in [2.75, 3.05) is 29.9 Å². The van der Waals surface area contributed by atoms with Crippen LogP contribution in [0.3, 0.4) is 0 Å². The third-order valence-electron chi connectivity index (χ3n) is 5.26. The van der Waals surface area contributed by atoms with E-state index in [4.69, 9.17) is 16.3 Å². The summed E-state index contributed by atoms with van der Waals surface area (Å²) in [6.07, 6.45) is 3.41. The fourth-order valence-corrected chi connectivity index (χ4v) is 3.89. The molecule has 2 aromatic carbocycles. The van der Waals surface area contributed by atoms with Gasteiger partial charge in [-0.25, -0.2) is 9.97 Å². The van der Waals surface area contributed by atoms with Gasteiger partial charge in [0.05, 0.1) is 29.6 Å². The van der Waals surface area contributed by atoms with Gasteiger partial charge in [-0.1, -0.05) is 42.4 Å². The van der Waals surface area contributed by atoms with E-state index in [2.05, 4.69) is 45.8 Å². The molecular weight excluding hydrogens is 424 g/mol. The number of nitrogens with one attached hydrogen (secondary N) is 1. The van der Waals surface area contributed by atoms with Crippen LogP contribution in [-0.4, -0.2) is 41.6 Å². The number of hydrogen-bond donors (Lipinski definition) is 1. The minimum Gasteiger partial charge on any atom is -0.375 e. The van der Waals surface area contributed by atoms with Crippen LogP contribution in [0.5, 0.6) is 0 Å². The number of anilines is 3. The fourth-order valence-electron chi connectivity index (χ4n) is 3.69. The van der Waals surface area contributed by atoms with Crippen molar-refractivity contribution in [3.63, 3.8) is 0 Å². The molecule has 1 aliphatic heterocycles. The van der Waals surface area contributed by atoms with E-state index in [1.807, 2.05) is 36.4 Å². The van der Waals surface area contributed by atoms with Crippen LogP contribution in [0, 0.1) is 0 Å². The molecule has 1 aromatic heterocycles. The lowest BCUT2D eigenvalue weighted by Gasteiger charge is -2.33. The van der Waals surface area contributed by atoms with Crippen molar-refractivity contribution in [1.82, 2.24) is 9.97 Å². The lowest BCUT2D eigenvalue weighted by atomic mass is 10.0. The SMILES string of the molecule is C=CC(=O)Cc1cccc(-c2nc(Nc3cccc(N4CCOC(C)C4)c3)ncc2Cl)c1. The van der Waals surface area contributed by atoms with Crippen LogP contribution in [0.15, 0.2) is 67.4 Å². The summed E-state index contributed by atoms with van der Waals surface area (Å²) in [4.78, 5) is 23.0. The molecule has 1 aliphatic rings. The molecule has 0 radical (unpaired) electrons. The number of halogens is 1. The number of aromatic nitrogens is 2. The maximum atomic E-state index is 11.7. The molecule has 0 bridgehead atoms. The van der Waals surface area contributed by atoms with Gasteiger partial charge in [0.2, 0.25) is 5.95 Å². The number of ether oxygens (including phenoxy) is 1. The first-order chi connectivity index (χ1) is 15.5. The van der Waals surface area contributed by atoms with Gasteiger partial charge in [-0.2, -0.15) is 0 Å². The lowest BCUT2D eigenvalue weighted by Crippen LogP contribution is -2.41. The van der Waals surface area contributed by atoms with Gasteiger partial charge in [0.1, 0.15) is 0 Å². The Bertz CT molecular complexity index is 1130. The van der Waals surface area contributed by atoms with Gasteiger partial charge < -0.3 is 15.0 Å². The molecular formula is C25H25ClN4O2. The normalized spacial score (nSPS) is 15.9. The van der Waals surface area contributed by atoms with Crippen LogP contribution in [0.2, 0.25) is 5.02 Å². The van der Waals surface area contributed by atoms with Crippen molar-refractivity contribution in [3.8, 4) is 11.3 Å².